The average molecular weight is 333 g/mol. The van der Waals surface area contributed by atoms with Crippen LogP contribution in [-0.4, -0.2) is 56.7 Å². The summed E-state index contributed by atoms with van der Waals surface area (Å²) in [6.45, 7) is 7.09. The highest BCUT2D eigenvalue weighted by Gasteiger charge is 2.23. The molecule has 23 heavy (non-hydrogen) atoms. The lowest BCUT2D eigenvalue weighted by Crippen LogP contribution is -2.39. The van der Waals surface area contributed by atoms with E-state index in [0.717, 1.165) is 44.8 Å². The average Bonchev–Trinajstić information content (AvgIpc) is 3.18. The van der Waals surface area contributed by atoms with Gasteiger partial charge >= 0.3 is 0 Å². The molecule has 0 aliphatic carbocycles. The fraction of sp³-hybridized carbons (Fsp3) is 0.562. The van der Waals surface area contributed by atoms with Gasteiger partial charge in [-0.1, -0.05) is 6.92 Å². The lowest BCUT2D eigenvalue weighted by atomic mass is 10.1. The van der Waals surface area contributed by atoms with E-state index in [0.29, 0.717) is 6.54 Å². The molecule has 0 unspecified atom stereocenters. The van der Waals surface area contributed by atoms with Gasteiger partial charge in [0.15, 0.2) is 0 Å². The molecule has 1 aliphatic heterocycles. The Labute approximate surface area is 140 Å². The van der Waals surface area contributed by atoms with Gasteiger partial charge in [0.1, 0.15) is 0 Å². The van der Waals surface area contributed by atoms with Gasteiger partial charge in [-0.15, -0.1) is 11.3 Å². The van der Waals surface area contributed by atoms with E-state index in [1.165, 1.54) is 0 Å². The van der Waals surface area contributed by atoms with Gasteiger partial charge in [-0.25, -0.2) is 4.98 Å². The van der Waals surface area contributed by atoms with Crippen LogP contribution in [0.15, 0.2) is 29.4 Å². The largest absolute Gasteiger partial charge is 0.341 e. The van der Waals surface area contributed by atoms with Crippen LogP contribution < -0.4 is 0 Å². The molecule has 0 radical (unpaired) electrons. The first-order chi connectivity index (χ1) is 11.2. The van der Waals surface area contributed by atoms with Gasteiger partial charge in [0.05, 0.1) is 23.7 Å². The molecule has 1 aliphatic rings. The van der Waals surface area contributed by atoms with Crippen LogP contribution in [0.2, 0.25) is 0 Å². The van der Waals surface area contributed by atoms with Gasteiger partial charge in [0.2, 0.25) is 5.91 Å². The number of hydrogen-bond acceptors (Lipinski definition) is 5. The molecule has 3 rings (SSSR count). The Kier molecular flexibility index (Phi) is 5.40. The molecular formula is C16H23N5OS. The van der Waals surface area contributed by atoms with Crippen LogP contribution in [0.5, 0.6) is 0 Å². The topological polar surface area (TPSA) is 54.3 Å². The van der Waals surface area contributed by atoms with Gasteiger partial charge in [0, 0.05) is 50.5 Å². The maximum atomic E-state index is 12.7. The SMILES string of the molecule is C[C@@H](Cn1cccn1)C(=O)N1CCCN(Cc2cscn2)CC1. The second kappa shape index (κ2) is 7.70. The van der Waals surface area contributed by atoms with Crippen molar-refractivity contribution in [3.05, 3.63) is 35.0 Å². The maximum Gasteiger partial charge on any atom is 0.227 e. The zero-order valence-electron chi connectivity index (χ0n) is 13.5. The molecule has 0 aromatic carbocycles. The number of hydrogen-bond donors (Lipinski definition) is 0. The maximum absolute atomic E-state index is 12.7. The molecule has 0 saturated carbocycles. The molecule has 6 nitrogen and oxygen atoms in total. The van der Waals surface area contributed by atoms with Crippen LogP contribution in [0.25, 0.3) is 0 Å². The summed E-state index contributed by atoms with van der Waals surface area (Å²) >= 11 is 1.63. The van der Waals surface area contributed by atoms with Gasteiger partial charge in [-0.3, -0.25) is 14.4 Å². The molecule has 1 fully saturated rings. The second-order valence-electron chi connectivity index (χ2n) is 6.06. The van der Waals surface area contributed by atoms with Crippen LogP contribution in [0, 0.1) is 5.92 Å². The van der Waals surface area contributed by atoms with Gasteiger partial charge in [-0.2, -0.15) is 5.10 Å². The Hall–Kier alpha value is -1.73. The molecular weight excluding hydrogens is 310 g/mol. The van der Waals surface area contributed by atoms with E-state index in [-0.39, 0.29) is 11.8 Å². The summed E-state index contributed by atoms with van der Waals surface area (Å²) in [7, 11) is 0. The van der Waals surface area contributed by atoms with Crippen LogP contribution in [-0.2, 0) is 17.9 Å². The molecule has 1 saturated heterocycles. The standard InChI is InChI=1S/C16H23N5OS/c1-14(10-21-7-2-4-18-21)16(22)20-6-3-5-19(8-9-20)11-15-12-23-13-17-15/h2,4,7,12-14H,3,5-6,8-11H2,1H3/t14-/m0/s1. The number of nitrogens with zero attached hydrogens (tertiary/aromatic N) is 5. The molecule has 1 amide bonds. The van der Waals surface area contributed by atoms with Crippen LogP contribution >= 0.6 is 11.3 Å². The fourth-order valence-corrected chi connectivity index (χ4v) is 3.52. The van der Waals surface area contributed by atoms with Crippen LogP contribution in [0.4, 0.5) is 0 Å². The summed E-state index contributed by atoms with van der Waals surface area (Å²) in [5, 5.41) is 6.28. The Morgan fingerprint density at radius 3 is 3.00 bits per heavy atom. The summed E-state index contributed by atoms with van der Waals surface area (Å²) < 4.78 is 1.83. The first-order valence-corrected chi connectivity index (χ1v) is 9.02. The number of amides is 1. The Balaban J connectivity index is 1.51. The molecule has 2 aromatic rings. The predicted octanol–water partition coefficient (Wildman–Crippen LogP) is 1.71. The summed E-state index contributed by atoms with van der Waals surface area (Å²) in [4.78, 5) is 21.4. The van der Waals surface area contributed by atoms with E-state index in [1.807, 2.05) is 34.3 Å². The summed E-state index contributed by atoms with van der Waals surface area (Å²) in [5.74, 6) is 0.191. The van der Waals surface area contributed by atoms with E-state index >= 15 is 0 Å². The van der Waals surface area contributed by atoms with Crippen molar-refractivity contribution in [2.45, 2.75) is 26.4 Å². The van der Waals surface area contributed by atoms with E-state index in [9.17, 15) is 4.79 Å². The highest BCUT2D eigenvalue weighted by molar-refractivity contribution is 7.07. The third kappa shape index (κ3) is 4.39. The minimum Gasteiger partial charge on any atom is -0.341 e. The molecule has 7 heteroatoms. The lowest BCUT2D eigenvalue weighted by molar-refractivity contribution is -0.135. The highest BCUT2D eigenvalue weighted by Crippen LogP contribution is 2.12. The van der Waals surface area contributed by atoms with Gasteiger partial charge < -0.3 is 4.90 Å². The minimum atomic E-state index is -0.0417. The lowest BCUT2D eigenvalue weighted by Gasteiger charge is -2.24. The van der Waals surface area contributed by atoms with Crippen LogP contribution in [0.1, 0.15) is 19.0 Å². The van der Waals surface area contributed by atoms with Crippen molar-refractivity contribution < 1.29 is 4.79 Å². The zero-order chi connectivity index (χ0) is 16.1. The molecule has 1 atom stereocenters. The molecule has 124 valence electrons. The summed E-state index contributed by atoms with van der Waals surface area (Å²) in [6.07, 6.45) is 4.67. The number of thiazole rings is 1. The zero-order valence-corrected chi connectivity index (χ0v) is 14.3. The van der Waals surface area contributed by atoms with E-state index in [1.54, 1.807) is 17.5 Å². The Bertz CT molecular complexity index is 598. The fourth-order valence-electron chi connectivity index (χ4n) is 2.97. The first-order valence-electron chi connectivity index (χ1n) is 8.08. The molecule has 0 N–H and O–H groups in total. The van der Waals surface area contributed by atoms with E-state index in [4.69, 9.17) is 0 Å². The summed E-state index contributed by atoms with van der Waals surface area (Å²) in [5.41, 5.74) is 3.00. The Morgan fingerprint density at radius 1 is 1.35 bits per heavy atom. The van der Waals surface area contributed by atoms with Gasteiger partial charge in [0.25, 0.3) is 0 Å². The quantitative estimate of drug-likeness (QED) is 0.836. The number of carbonyl (C=O) groups is 1. The van der Waals surface area contributed by atoms with Crippen molar-refractivity contribution in [1.82, 2.24) is 24.6 Å². The molecule has 0 spiro atoms. The monoisotopic (exact) mass is 333 g/mol. The number of rotatable bonds is 5. The van der Waals surface area contributed by atoms with E-state index < -0.39 is 0 Å². The minimum absolute atomic E-state index is 0.0417. The normalized spacial score (nSPS) is 17.9. The number of carbonyl (C=O) groups excluding carboxylic acids is 1. The molecule has 2 aromatic heterocycles. The van der Waals surface area contributed by atoms with E-state index in [2.05, 4.69) is 20.4 Å². The van der Waals surface area contributed by atoms with Crippen molar-refractivity contribution in [3.8, 4) is 0 Å². The predicted molar refractivity (Wildman–Crippen MR) is 90.0 cm³/mol. The van der Waals surface area contributed by atoms with Crippen LogP contribution in [0.3, 0.4) is 0 Å². The molecule has 0 bridgehead atoms. The van der Waals surface area contributed by atoms with Crippen molar-refractivity contribution >= 4 is 17.2 Å². The van der Waals surface area contributed by atoms with Crippen molar-refractivity contribution in [2.24, 2.45) is 5.92 Å². The second-order valence-corrected chi connectivity index (χ2v) is 6.78. The third-order valence-electron chi connectivity index (χ3n) is 4.21. The van der Waals surface area contributed by atoms with Gasteiger partial charge in [-0.05, 0) is 12.5 Å². The van der Waals surface area contributed by atoms with Crippen molar-refractivity contribution in [3.63, 3.8) is 0 Å². The number of aromatic nitrogens is 3. The third-order valence-corrected chi connectivity index (χ3v) is 4.85. The molecule has 3 heterocycles. The smallest absolute Gasteiger partial charge is 0.227 e. The highest BCUT2D eigenvalue weighted by atomic mass is 32.1. The van der Waals surface area contributed by atoms with Crippen molar-refractivity contribution in [1.29, 1.82) is 0 Å². The first kappa shape index (κ1) is 16.1. The van der Waals surface area contributed by atoms with Crippen molar-refractivity contribution in [2.75, 3.05) is 26.2 Å². The Morgan fingerprint density at radius 2 is 2.26 bits per heavy atom. The summed E-state index contributed by atoms with van der Waals surface area (Å²) in [6, 6.07) is 1.89.